The Labute approximate surface area is 188 Å². The molecule has 0 heterocycles. The molecule has 0 aliphatic carbocycles. The highest BCUT2D eigenvalue weighted by atomic mass is 35.7. The molecule has 0 aliphatic rings. The lowest BCUT2D eigenvalue weighted by Gasteiger charge is -2.17. The zero-order valence-corrected chi connectivity index (χ0v) is 18.4. The van der Waals surface area contributed by atoms with Crippen LogP contribution < -0.4 is 48.7 Å². The van der Waals surface area contributed by atoms with Crippen LogP contribution in [-0.2, 0) is 0 Å². The van der Waals surface area contributed by atoms with E-state index in [0.29, 0.717) is 20.1 Å². The van der Waals surface area contributed by atoms with Crippen molar-refractivity contribution < 1.29 is 74.7 Å². The summed E-state index contributed by atoms with van der Waals surface area (Å²) in [7, 11) is -9.89. The highest BCUT2D eigenvalue weighted by Gasteiger charge is 1.98. The fourth-order valence-electron chi connectivity index (χ4n) is 1.09. The van der Waals surface area contributed by atoms with E-state index in [1.165, 1.54) is 0 Å². The molecule has 0 saturated carbocycles. The van der Waals surface area contributed by atoms with Gasteiger partial charge in [-0.2, -0.15) is 0 Å². The van der Waals surface area contributed by atoms with E-state index in [0.717, 1.165) is 11.4 Å². The number of quaternary nitrogens is 2. The van der Waals surface area contributed by atoms with Crippen LogP contribution in [0.5, 0.6) is 0 Å². The summed E-state index contributed by atoms with van der Waals surface area (Å²) in [5, 5.41) is 2.65. The maximum Gasteiger partial charge on any atom is 0.148 e. The Balaban J connectivity index is -0.000000321. The third-order valence-electron chi connectivity index (χ3n) is 2.02. The van der Waals surface area contributed by atoms with Crippen molar-refractivity contribution in [2.75, 3.05) is 0 Å². The molecule has 2 rings (SSSR count). The van der Waals surface area contributed by atoms with Crippen molar-refractivity contribution in [2.45, 2.75) is 0 Å². The van der Waals surface area contributed by atoms with Crippen LogP contribution in [0.2, 0.25) is 20.1 Å². The standard InChI is InChI=1S/2C6H5Cl2N.2ClHO4.H2O/c2*7-4-1-2-5(8)6(9)3-4;2*2-1(3,4)5;/h2*1-3H,9H2;2*(H,2,3,4,5);1H2. The van der Waals surface area contributed by atoms with Gasteiger partial charge in [-0.25, -0.2) is 37.3 Å². The molecule has 0 spiro atoms. The molecule has 11 nitrogen and oxygen atoms in total. The number of hydrogen-bond donors (Lipinski definition) is 2. The van der Waals surface area contributed by atoms with E-state index >= 15 is 0 Å². The van der Waals surface area contributed by atoms with Crippen LogP contribution in [0, 0.1) is 20.5 Å². The first-order chi connectivity index (χ1) is 12.4. The van der Waals surface area contributed by atoms with Crippen molar-refractivity contribution in [1.29, 1.82) is 0 Å². The molecule has 0 bridgehead atoms. The molecular weight excluding hydrogens is 529 g/mol. The lowest BCUT2D eigenvalue weighted by atomic mass is 10.3. The van der Waals surface area contributed by atoms with Gasteiger partial charge in [0.15, 0.2) is 0 Å². The summed E-state index contributed by atoms with van der Waals surface area (Å²) in [6.07, 6.45) is 0. The topological polar surface area (TPSA) is 271 Å². The minimum Gasteiger partial charge on any atom is -0.412 e. The van der Waals surface area contributed by atoms with Crippen LogP contribution >= 0.6 is 46.4 Å². The van der Waals surface area contributed by atoms with Crippen molar-refractivity contribution in [3.8, 4) is 0 Å². The quantitative estimate of drug-likeness (QED) is 0.322. The molecule has 2 aromatic rings. The van der Waals surface area contributed by atoms with Crippen LogP contribution in [0.1, 0.15) is 0 Å². The minimum absolute atomic E-state index is 0. The van der Waals surface area contributed by atoms with Gasteiger partial charge in [-0.15, -0.1) is 20.5 Å². The molecule has 0 atom stereocenters. The lowest BCUT2D eigenvalue weighted by molar-refractivity contribution is -2.00. The van der Waals surface area contributed by atoms with Gasteiger partial charge >= 0.3 is 0 Å². The Morgan fingerprint density at radius 3 is 0.897 bits per heavy atom. The Kier molecular flexibility index (Phi) is 17.9. The van der Waals surface area contributed by atoms with Crippen LogP contribution in [0.3, 0.4) is 0 Å². The summed E-state index contributed by atoms with van der Waals surface area (Å²) in [6, 6.07) is 10.4. The normalized spacial score (nSPS) is 10.1. The predicted molar refractivity (Wildman–Crippen MR) is 81.6 cm³/mol. The summed E-state index contributed by atoms with van der Waals surface area (Å²) in [5.41, 5.74) is 8.86. The van der Waals surface area contributed by atoms with Crippen LogP contribution in [-0.4, -0.2) is 5.48 Å². The first-order valence-corrected chi connectivity index (χ1v) is 10.2. The van der Waals surface area contributed by atoms with Gasteiger partial charge in [-0.3, -0.25) is 0 Å². The van der Waals surface area contributed by atoms with Crippen LogP contribution in [0.25, 0.3) is 0 Å². The molecule has 0 unspecified atom stereocenters. The molecule has 0 fully saturated rings. The van der Waals surface area contributed by atoms with Gasteiger partial charge < -0.3 is 16.9 Å². The molecule has 168 valence electrons. The average molecular weight is 543 g/mol. The van der Waals surface area contributed by atoms with Crippen molar-refractivity contribution in [1.82, 2.24) is 0 Å². The fourth-order valence-corrected chi connectivity index (χ4v) is 1.71. The van der Waals surface area contributed by atoms with E-state index in [1.807, 2.05) is 0 Å². The van der Waals surface area contributed by atoms with E-state index in [1.54, 1.807) is 36.4 Å². The molecule has 17 heteroatoms. The first kappa shape index (κ1) is 33.4. The number of benzene rings is 2. The Morgan fingerprint density at radius 2 is 0.759 bits per heavy atom. The molecular formula is C12H14Cl6N2O9. The Hall–Kier alpha value is -0.260. The van der Waals surface area contributed by atoms with Crippen molar-refractivity contribution in [2.24, 2.45) is 0 Å². The predicted octanol–water partition coefficient (Wildman–Crippen LogP) is -6.60. The van der Waals surface area contributed by atoms with Crippen molar-refractivity contribution in [3.63, 3.8) is 0 Å². The molecule has 29 heavy (non-hydrogen) atoms. The largest absolute Gasteiger partial charge is 0.412 e. The Morgan fingerprint density at radius 1 is 0.552 bits per heavy atom. The highest BCUT2D eigenvalue weighted by molar-refractivity contribution is 6.35. The fraction of sp³-hybridized carbons (Fsp3) is 0. The molecule has 0 saturated heterocycles. The van der Waals surface area contributed by atoms with Crippen molar-refractivity contribution in [3.05, 3.63) is 56.5 Å². The second kappa shape index (κ2) is 15.5. The second-order valence-corrected chi connectivity index (χ2v) is 7.43. The van der Waals surface area contributed by atoms with Gasteiger partial charge in [0.25, 0.3) is 0 Å². The van der Waals surface area contributed by atoms with E-state index in [9.17, 15) is 0 Å². The third kappa shape index (κ3) is 27.7. The molecule has 0 aliphatic heterocycles. The lowest BCUT2D eigenvalue weighted by Crippen LogP contribution is -2.68. The van der Waals surface area contributed by atoms with Gasteiger partial charge in [-0.1, -0.05) is 46.4 Å². The highest BCUT2D eigenvalue weighted by Crippen LogP contribution is 2.21. The molecule has 0 radical (unpaired) electrons. The number of halogens is 6. The van der Waals surface area contributed by atoms with Gasteiger partial charge in [0.2, 0.25) is 0 Å². The molecule has 0 amide bonds. The van der Waals surface area contributed by atoms with Crippen LogP contribution in [0.4, 0.5) is 11.4 Å². The number of rotatable bonds is 0. The Bertz CT molecular complexity index is 654. The van der Waals surface area contributed by atoms with E-state index in [4.69, 9.17) is 83.7 Å². The first-order valence-electron chi connectivity index (χ1n) is 6.17. The van der Waals surface area contributed by atoms with Gasteiger partial charge in [0.1, 0.15) is 21.4 Å². The maximum atomic E-state index is 8.49. The summed E-state index contributed by atoms with van der Waals surface area (Å²) < 4.78 is 67.9. The monoisotopic (exact) mass is 540 g/mol. The van der Waals surface area contributed by atoms with E-state index < -0.39 is 20.5 Å². The third-order valence-corrected chi connectivity index (χ3v) is 3.22. The van der Waals surface area contributed by atoms with E-state index in [-0.39, 0.29) is 5.48 Å². The molecule has 8 N–H and O–H groups in total. The molecule has 2 aromatic carbocycles. The zero-order chi connectivity index (χ0) is 22.7. The summed E-state index contributed by atoms with van der Waals surface area (Å²) in [4.78, 5) is 0. The smallest absolute Gasteiger partial charge is 0.148 e. The van der Waals surface area contributed by atoms with Crippen molar-refractivity contribution >= 4 is 57.8 Å². The summed E-state index contributed by atoms with van der Waals surface area (Å²) >= 11 is 22.6. The zero-order valence-electron chi connectivity index (χ0n) is 13.9. The maximum absolute atomic E-state index is 8.49. The van der Waals surface area contributed by atoms with Gasteiger partial charge in [0, 0.05) is 22.2 Å². The second-order valence-electron chi connectivity index (χ2n) is 4.23. The molecule has 0 aromatic heterocycles. The van der Waals surface area contributed by atoms with Gasteiger partial charge in [0.05, 0.1) is 0 Å². The minimum atomic E-state index is -4.94. The summed E-state index contributed by atoms with van der Waals surface area (Å²) in [5.74, 6) is 0. The van der Waals surface area contributed by atoms with Gasteiger partial charge in [-0.05, 0) is 24.3 Å². The SMILES string of the molecule is O.[NH3+]c1cc(Cl)ccc1Cl.[NH3+]c1cc(Cl)ccc1Cl.[O-][Cl+3]([O-])([O-])[O-].[O-][Cl+3]([O-])([O-])[O-]. The number of hydrogen-bond acceptors (Lipinski definition) is 8. The van der Waals surface area contributed by atoms with E-state index in [2.05, 4.69) is 11.5 Å². The van der Waals surface area contributed by atoms with Crippen LogP contribution in [0.15, 0.2) is 36.4 Å². The average Bonchev–Trinajstić information content (AvgIpc) is 2.45. The summed E-state index contributed by atoms with van der Waals surface area (Å²) in [6.45, 7) is 0.